The Kier molecular flexibility index (Phi) is 4.11. The number of hydrogen-bond donors (Lipinski definition) is 1. The number of ether oxygens (including phenoxy) is 1. The topological polar surface area (TPSA) is 64.4 Å². The number of fused-ring (bicyclic) bond motifs is 1. The van der Waals surface area contributed by atoms with Gasteiger partial charge in [-0.2, -0.15) is 5.10 Å². The van der Waals surface area contributed by atoms with Crippen LogP contribution in [0.5, 0.6) is 5.75 Å². The highest BCUT2D eigenvalue weighted by Gasteiger charge is 2.34. The van der Waals surface area contributed by atoms with Crippen LogP contribution < -0.4 is 4.74 Å². The smallest absolute Gasteiger partial charge is 0.356 e. The standard InChI is InChI=1S/C19H24N2O3/c1-19(2,3)12-8-9-16-15(10-12)17(18(22)23)20-21(16)13-6-5-7-14(11-13)24-4/h5-7,11-12H,8-10H2,1-4H3,(H,22,23). The predicted octanol–water partition coefficient (Wildman–Crippen LogP) is 3.73. The Bertz CT molecular complexity index is 771. The number of carboxylic acids is 1. The van der Waals surface area contributed by atoms with Crippen molar-refractivity contribution in [2.45, 2.75) is 40.0 Å². The van der Waals surface area contributed by atoms with E-state index in [1.807, 2.05) is 24.3 Å². The van der Waals surface area contributed by atoms with Gasteiger partial charge in [-0.15, -0.1) is 0 Å². The highest BCUT2D eigenvalue weighted by molar-refractivity contribution is 5.87. The molecule has 1 aliphatic carbocycles. The average molecular weight is 328 g/mol. The number of rotatable bonds is 3. The summed E-state index contributed by atoms with van der Waals surface area (Å²) in [6, 6.07) is 7.57. The highest BCUT2D eigenvalue weighted by atomic mass is 16.5. The van der Waals surface area contributed by atoms with Crippen molar-refractivity contribution < 1.29 is 14.6 Å². The van der Waals surface area contributed by atoms with Crippen molar-refractivity contribution in [1.82, 2.24) is 9.78 Å². The number of methoxy groups -OCH3 is 1. The number of aromatic carboxylic acids is 1. The van der Waals surface area contributed by atoms with Crippen molar-refractivity contribution in [2.75, 3.05) is 7.11 Å². The maximum Gasteiger partial charge on any atom is 0.356 e. The average Bonchev–Trinajstić information content (AvgIpc) is 2.93. The van der Waals surface area contributed by atoms with E-state index >= 15 is 0 Å². The molecule has 1 unspecified atom stereocenters. The van der Waals surface area contributed by atoms with E-state index in [1.54, 1.807) is 11.8 Å². The molecular formula is C19H24N2O3. The zero-order chi connectivity index (χ0) is 17.5. The first-order valence-electron chi connectivity index (χ1n) is 8.29. The van der Waals surface area contributed by atoms with E-state index in [2.05, 4.69) is 25.9 Å². The van der Waals surface area contributed by atoms with E-state index in [0.29, 0.717) is 5.92 Å². The minimum atomic E-state index is -0.956. The highest BCUT2D eigenvalue weighted by Crippen LogP contribution is 2.39. The van der Waals surface area contributed by atoms with Gasteiger partial charge in [-0.3, -0.25) is 0 Å². The molecule has 1 aliphatic rings. The number of carbonyl (C=O) groups is 1. The van der Waals surface area contributed by atoms with Gasteiger partial charge in [0.2, 0.25) is 0 Å². The van der Waals surface area contributed by atoms with Crippen LogP contribution in [0.25, 0.3) is 5.69 Å². The third-order valence-electron chi connectivity index (χ3n) is 5.00. The maximum absolute atomic E-state index is 11.7. The first-order valence-corrected chi connectivity index (χ1v) is 8.29. The number of benzene rings is 1. The molecule has 0 aliphatic heterocycles. The van der Waals surface area contributed by atoms with Gasteiger partial charge < -0.3 is 9.84 Å². The molecule has 0 bridgehead atoms. The summed E-state index contributed by atoms with van der Waals surface area (Å²) < 4.78 is 7.06. The second-order valence-corrected chi connectivity index (χ2v) is 7.50. The van der Waals surface area contributed by atoms with Gasteiger partial charge in [-0.25, -0.2) is 9.48 Å². The van der Waals surface area contributed by atoms with Crippen molar-refractivity contribution in [3.05, 3.63) is 41.2 Å². The van der Waals surface area contributed by atoms with Crippen molar-refractivity contribution >= 4 is 5.97 Å². The monoisotopic (exact) mass is 328 g/mol. The van der Waals surface area contributed by atoms with Crippen LogP contribution in [-0.4, -0.2) is 28.0 Å². The van der Waals surface area contributed by atoms with Crippen LogP contribution in [0.4, 0.5) is 0 Å². The van der Waals surface area contributed by atoms with Gasteiger partial charge in [-0.05, 0) is 42.7 Å². The second kappa shape index (κ2) is 5.96. The number of aromatic nitrogens is 2. The second-order valence-electron chi connectivity index (χ2n) is 7.50. The lowest BCUT2D eigenvalue weighted by molar-refractivity contribution is 0.0687. The molecule has 0 saturated heterocycles. The lowest BCUT2D eigenvalue weighted by atomic mass is 9.71. The normalized spacial score (nSPS) is 17.4. The van der Waals surface area contributed by atoms with Crippen LogP contribution in [0, 0.1) is 11.3 Å². The van der Waals surface area contributed by atoms with E-state index in [-0.39, 0.29) is 11.1 Å². The van der Waals surface area contributed by atoms with Crippen LogP contribution >= 0.6 is 0 Å². The zero-order valence-electron chi connectivity index (χ0n) is 14.7. The van der Waals surface area contributed by atoms with Crippen molar-refractivity contribution in [3.63, 3.8) is 0 Å². The summed E-state index contributed by atoms with van der Waals surface area (Å²) in [4.78, 5) is 11.7. The maximum atomic E-state index is 11.7. The van der Waals surface area contributed by atoms with Gasteiger partial charge >= 0.3 is 5.97 Å². The Morgan fingerprint density at radius 2 is 2.12 bits per heavy atom. The summed E-state index contributed by atoms with van der Waals surface area (Å²) in [6.45, 7) is 6.65. The van der Waals surface area contributed by atoms with Crippen LogP contribution in [-0.2, 0) is 12.8 Å². The van der Waals surface area contributed by atoms with Gasteiger partial charge in [0.1, 0.15) is 5.75 Å². The van der Waals surface area contributed by atoms with Gasteiger partial charge in [0.25, 0.3) is 0 Å². The van der Waals surface area contributed by atoms with Crippen LogP contribution in [0.1, 0.15) is 48.9 Å². The fraction of sp³-hybridized carbons (Fsp3) is 0.474. The molecule has 5 heteroatoms. The largest absolute Gasteiger partial charge is 0.497 e. The molecule has 0 saturated carbocycles. The van der Waals surface area contributed by atoms with Crippen molar-refractivity contribution in [2.24, 2.45) is 11.3 Å². The summed E-state index contributed by atoms with van der Waals surface area (Å²) in [7, 11) is 1.62. The lowest BCUT2D eigenvalue weighted by Gasteiger charge is -2.34. The molecule has 0 amide bonds. The molecule has 24 heavy (non-hydrogen) atoms. The van der Waals surface area contributed by atoms with Gasteiger partial charge in [0.15, 0.2) is 5.69 Å². The van der Waals surface area contributed by atoms with Crippen molar-refractivity contribution in [3.8, 4) is 11.4 Å². The predicted molar refractivity (Wildman–Crippen MR) is 92.0 cm³/mol. The summed E-state index contributed by atoms with van der Waals surface area (Å²) in [5, 5.41) is 14.0. The molecule has 1 aromatic heterocycles. The third kappa shape index (κ3) is 2.90. The number of nitrogens with zero attached hydrogens (tertiary/aromatic N) is 2. The van der Waals surface area contributed by atoms with Crippen LogP contribution in [0.15, 0.2) is 24.3 Å². The number of carboxylic acid groups (broad SMARTS) is 1. The third-order valence-corrected chi connectivity index (χ3v) is 5.00. The fourth-order valence-corrected chi connectivity index (χ4v) is 3.48. The van der Waals surface area contributed by atoms with Crippen molar-refractivity contribution in [1.29, 1.82) is 0 Å². The molecule has 0 radical (unpaired) electrons. The van der Waals surface area contributed by atoms with Gasteiger partial charge in [0.05, 0.1) is 12.8 Å². The molecule has 0 fully saturated rings. The molecule has 1 heterocycles. The van der Waals surface area contributed by atoms with Gasteiger partial charge in [-0.1, -0.05) is 26.8 Å². The molecule has 1 aromatic carbocycles. The molecule has 2 aromatic rings. The summed E-state index contributed by atoms with van der Waals surface area (Å²) in [6.07, 6.45) is 2.66. The Morgan fingerprint density at radius 1 is 1.38 bits per heavy atom. The van der Waals surface area contributed by atoms with E-state index in [1.165, 1.54) is 0 Å². The van der Waals surface area contributed by atoms with E-state index in [9.17, 15) is 9.90 Å². The first-order chi connectivity index (χ1) is 11.3. The van der Waals surface area contributed by atoms with E-state index in [4.69, 9.17) is 4.74 Å². The lowest BCUT2D eigenvalue weighted by Crippen LogP contribution is -2.27. The Morgan fingerprint density at radius 3 is 2.75 bits per heavy atom. The van der Waals surface area contributed by atoms with E-state index in [0.717, 1.165) is 42.0 Å². The minimum absolute atomic E-state index is 0.158. The Labute approximate surface area is 142 Å². The Balaban J connectivity index is 2.09. The SMILES string of the molecule is COc1cccc(-n2nc(C(=O)O)c3c2CCC(C(C)(C)C)C3)c1. The fourth-order valence-electron chi connectivity index (χ4n) is 3.48. The van der Waals surface area contributed by atoms with Crippen LogP contribution in [0.2, 0.25) is 0 Å². The Hall–Kier alpha value is -2.30. The molecule has 1 N–H and O–H groups in total. The minimum Gasteiger partial charge on any atom is -0.497 e. The molecular weight excluding hydrogens is 304 g/mol. The molecule has 5 nitrogen and oxygen atoms in total. The molecule has 1 atom stereocenters. The summed E-state index contributed by atoms with van der Waals surface area (Å²) in [5.41, 5.74) is 3.08. The van der Waals surface area contributed by atoms with Gasteiger partial charge in [0, 0.05) is 17.3 Å². The molecule has 0 spiro atoms. The number of hydrogen-bond acceptors (Lipinski definition) is 3. The van der Waals surface area contributed by atoms with E-state index < -0.39 is 5.97 Å². The van der Waals surface area contributed by atoms with Crippen LogP contribution in [0.3, 0.4) is 0 Å². The molecule has 128 valence electrons. The molecule has 3 rings (SSSR count). The quantitative estimate of drug-likeness (QED) is 0.932. The summed E-state index contributed by atoms with van der Waals surface area (Å²) >= 11 is 0. The first kappa shape index (κ1) is 16.6. The zero-order valence-corrected chi connectivity index (χ0v) is 14.7. The summed E-state index contributed by atoms with van der Waals surface area (Å²) in [5.74, 6) is 0.241.